The van der Waals surface area contributed by atoms with Gasteiger partial charge in [-0.1, -0.05) is 18.6 Å². The van der Waals surface area contributed by atoms with Crippen molar-refractivity contribution in [1.29, 1.82) is 0 Å². The summed E-state index contributed by atoms with van der Waals surface area (Å²) in [5.74, 6) is 1.42. The van der Waals surface area contributed by atoms with E-state index in [1.165, 1.54) is 24.7 Å². The summed E-state index contributed by atoms with van der Waals surface area (Å²) in [6.07, 6.45) is 8.13. The van der Waals surface area contributed by atoms with E-state index >= 15 is 0 Å². The lowest BCUT2D eigenvalue weighted by atomic mass is 9.79. The maximum atomic E-state index is 11.6. The van der Waals surface area contributed by atoms with E-state index in [0.29, 0.717) is 25.0 Å². The Labute approximate surface area is 130 Å². The van der Waals surface area contributed by atoms with Gasteiger partial charge in [0.1, 0.15) is 0 Å². The molecular formula is C16H30N2O2S. The first kappa shape index (κ1) is 17.0. The SMILES string of the molecule is CC1=CCC[C@H](C)[C@H]1CN(C)C1CCN(S(C)(=O)=O)CC1. The van der Waals surface area contributed by atoms with Crippen LogP contribution in [0.4, 0.5) is 0 Å². The summed E-state index contributed by atoms with van der Waals surface area (Å²) in [6, 6.07) is 0.518. The zero-order valence-electron chi connectivity index (χ0n) is 13.9. The zero-order valence-corrected chi connectivity index (χ0v) is 14.7. The number of piperidine rings is 1. The highest BCUT2D eigenvalue weighted by atomic mass is 32.2. The van der Waals surface area contributed by atoms with E-state index in [2.05, 4.69) is 31.9 Å². The molecule has 1 saturated heterocycles. The predicted molar refractivity (Wildman–Crippen MR) is 87.7 cm³/mol. The number of rotatable bonds is 4. The minimum Gasteiger partial charge on any atom is -0.303 e. The average molecular weight is 314 g/mol. The fourth-order valence-electron chi connectivity index (χ4n) is 3.77. The Balaban J connectivity index is 1.89. The van der Waals surface area contributed by atoms with Gasteiger partial charge in [0.05, 0.1) is 6.26 Å². The maximum Gasteiger partial charge on any atom is 0.211 e. The molecule has 4 nitrogen and oxygen atoms in total. The Bertz CT molecular complexity index is 479. The van der Waals surface area contributed by atoms with Gasteiger partial charge in [-0.05, 0) is 51.5 Å². The van der Waals surface area contributed by atoms with Crippen molar-refractivity contribution in [3.05, 3.63) is 11.6 Å². The molecule has 0 aromatic rings. The van der Waals surface area contributed by atoms with Crippen LogP contribution in [0.5, 0.6) is 0 Å². The van der Waals surface area contributed by atoms with E-state index in [-0.39, 0.29) is 0 Å². The second-order valence-corrected chi connectivity index (χ2v) is 8.92. The topological polar surface area (TPSA) is 40.6 Å². The molecule has 1 fully saturated rings. The zero-order chi connectivity index (χ0) is 15.6. The van der Waals surface area contributed by atoms with Crippen molar-refractivity contribution in [3.8, 4) is 0 Å². The smallest absolute Gasteiger partial charge is 0.211 e. The molecular weight excluding hydrogens is 284 g/mol. The summed E-state index contributed by atoms with van der Waals surface area (Å²) in [4.78, 5) is 2.46. The highest BCUT2D eigenvalue weighted by Gasteiger charge is 2.30. The molecule has 0 radical (unpaired) electrons. The van der Waals surface area contributed by atoms with Crippen molar-refractivity contribution < 1.29 is 8.42 Å². The molecule has 122 valence electrons. The van der Waals surface area contributed by atoms with Crippen molar-refractivity contribution >= 4 is 10.0 Å². The maximum absolute atomic E-state index is 11.6. The van der Waals surface area contributed by atoms with Crippen LogP contribution in [0.1, 0.15) is 39.5 Å². The molecule has 0 amide bonds. The molecule has 1 aliphatic carbocycles. The first-order valence-electron chi connectivity index (χ1n) is 8.11. The molecule has 21 heavy (non-hydrogen) atoms. The van der Waals surface area contributed by atoms with Crippen LogP contribution in [0.3, 0.4) is 0 Å². The fraction of sp³-hybridized carbons (Fsp3) is 0.875. The highest BCUT2D eigenvalue weighted by molar-refractivity contribution is 7.88. The van der Waals surface area contributed by atoms with Gasteiger partial charge in [-0.3, -0.25) is 0 Å². The third-order valence-electron chi connectivity index (χ3n) is 5.36. The van der Waals surface area contributed by atoms with Crippen molar-refractivity contribution in [2.24, 2.45) is 11.8 Å². The Morgan fingerprint density at radius 2 is 1.90 bits per heavy atom. The van der Waals surface area contributed by atoms with E-state index in [9.17, 15) is 8.42 Å². The van der Waals surface area contributed by atoms with Crippen LogP contribution < -0.4 is 0 Å². The first-order valence-corrected chi connectivity index (χ1v) is 9.96. The lowest BCUT2D eigenvalue weighted by Gasteiger charge is -2.39. The lowest BCUT2D eigenvalue weighted by molar-refractivity contribution is 0.139. The molecule has 2 atom stereocenters. The Kier molecular flexibility index (Phi) is 5.49. The van der Waals surface area contributed by atoms with Crippen LogP contribution in [0, 0.1) is 11.8 Å². The van der Waals surface area contributed by atoms with Gasteiger partial charge >= 0.3 is 0 Å². The molecule has 1 heterocycles. The average Bonchev–Trinajstić information content (AvgIpc) is 2.42. The van der Waals surface area contributed by atoms with Gasteiger partial charge < -0.3 is 4.90 Å². The van der Waals surface area contributed by atoms with Gasteiger partial charge in [0, 0.05) is 25.7 Å². The van der Waals surface area contributed by atoms with E-state index in [1.807, 2.05) is 0 Å². The Hall–Kier alpha value is -0.390. The Morgan fingerprint density at radius 3 is 2.43 bits per heavy atom. The third kappa shape index (κ3) is 4.30. The van der Waals surface area contributed by atoms with Crippen molar-refractivity contribution in [2.75, 3.05) is 32.9 Å². The molecule has 0 unspecified atom stereocenters. The summed E-state index contributed by atoms with van der Waals surface area (Å²) >= 11 is 0. The minimum absolute atomic E-state index is 0.518. The van der Waals surface area contributed by atoms with Crippen LogP contribution in [0.15, 0.2) is 11.6 Å². The number of nitrogens with zero attached hydrogens (tertiary/aromatic N) is 2. The van der Waals surface area contributed by atoms with Gasteiger partial charge in [-0.2, -0.15) is 0 Å². The number of allylic oxidation sites excluding steroid dienone is 1. The second-order valence-electron chi connectivity index (χ2n) is 6.94. The van der Waals surface area contributed by atoms with Gasteiger partial charge in [0.25, 0.3) is 0 Å². The molecule has 0 aromatic carbocycles. The molecule has 0 bridgehead atoms. The van der Waals surface area contributed by atoms with Crippen molar-refractivity contribution in [2.45, 2.75) is 45.6 Å². The molecule has 0 N–H and O–H groups in total. The number of hydrogen-bond acceptors (Lipinski definition) is 3. The third-order valence-corrected chi connectivity index (χ3v) is 6.66. The van der Waals surface area contributed by atoms with Crippen LogP contribution >= 0.6 is 0 Å². The summed E-state index contributed by atoms with van der Waals surface area (Å²) in [5.41, 5.74) is 1.54. The minimum atomic E-state index is -3.01. The molecule has 0 aromatic heterocycles. The van der Waals surface area contributed by atoms with E-state index < -0.39 is 10.0 Å². The standard InChI is InChI=1S/C16H30N2O2S/c1-13-6-5-7-14(2)16(13)12-17(3)15-8-10-18(11-9-15)21(4,19)20/h6,14-16H,5,7-12H2,1-4H3/t14-,16-/m0/s1. The van der Waals surface area contributed by atoms with Crippen LogP contribution in [-0.2, 0) is 10.0 Å². The summed E-state index contributed by atoms with van der Waals surface area (Å²) < 4.78 is 24.8. The summed E-state index contributed by atoms with van der Waals surface area (Å²) in [5, 5.41) is 0. The van der Waals surface area contributed by atoms with Gasteiger partial charge in [-0.25, -0.2) is 12.7 Å². The lowest BCUT2D eigenvalue weighted by Crippen LogP contribution is -2.47. The molecule has 0 saturated carbocycles. The number of sulfonamides is 1. The van der Waals surface area contributed by atoms with E-state index in [0.717, 1.165) is 25.3 Å². The van der Waals surface area contributed by atoms with Gasteiger partial charge in [0.2, 0.25) is 10.0 Å². The first-order chi connectivity index (χ1) is 9.79. The van der Waals surface area contributed by atoms with Crippen LogP contribution in [-0.4, -0.2) is 56.6 Å². The van der Waals surface area contributed by atoms with Crippen LogP contribution in [0.2, 0.25) is 0 Å². The molecule has 0 spiro atoms. The largest absolute Gasteiger partial charge is 0.303 e. The van der Waals surface area contributed by atoms with Crippen molar-refractivity contribution in [3.63, 3.8) is 0 Å². The van der Waals surface area contributed by atoms with E-state index in [1.54, 1.807) is 4.31 Å². The molecule has 2 rings (SSSR count). The fourth-order valence-corrected chi connectivity index (χ4v) is 4.65. The van der Waals surface area contributed by atoms with Gasteiger partial charge in [-0.15, -0.1) is 0 Å². The van der Waals surface area contributed by atoms with E-state index in [4.69, 9.17) is 0 Å². The van der Waals surface area contributed by atoms with Gasteiger partial charge in [0.15, 0.2) is 0 Å². The highest BCUT2D eigenvalue weighted by Crippen LogP contribution is 2.31. The second kappa shape index (κ2) is 6.80. The summed E-state index contributed by atoms with van der Waals surface area (Å²) in [6.45, 7) is 7.07. The van der Waals surface area contributed by atoms with Crippen molar-refractivity contribution in [1.82, 2.24) is 9.21 Å². The molecule has 2 aliphatic rings. The molecule has 5 heteroatoms. The quantitative estimate of drug-likeness (QED) is 0.748. The normalized spacial score (nSPS) is 29.7. The summed E-state index contributed by atoms with van der Waals surface area (Å²) in [7, 11) is -0.810. The predicted octanol–water partition coefficient (Wildman–Crippen LogP) is 2.33. The Morgan fingerprint density at radius 1 is 1.29 bits per heavy atom. The number of hydrogen-bond donors (Lipinski definition) is 0. The van der Waals surface area contributed by atoms with Crippen LogP contribution in [0.25, 0.3) is 0 Å². The monoisotopic (exact) mass is 314 g/mol. The molecule has 1 aliphatic heterocycles.